The van der Waals surface area contributed by atoms with Gasteiger partial charge in [-0.1, -0.05) is 24.9 Å². The molecule has 5 heteroatoms. The number of nitrogens with zero attached hydrogens (tertiary/aromatic N) is 3. The van der Waals surface area contributed by atoms with Gasteiger partial charge in [0.05, 0.1) is 24.0 Å². The van der Waals surface area contributed by atoms with E-state index < -0.39 is 0 Å². The van der Waals surface area contributed by atoms with E-state index >= 15 is 0 Å². The van der Waals surface area contributed by atoms with E-state index in [9.17, 15) is 0 Å². The molecular formula is C10H16ClN3O. The van der Waals surface area contributed by atoms with Crippen LogP contribution in [0.4, 0.5) is 5.95 Å². The quantitative estimate of drug-likeness (QED) is 0.807. The maximum atomic E-state index is 8.93. The second-order valence-electron chi connectivity index (χ2n) is 3.27. The Kier molecular flexibility index (Phi) is 5.36. The van der Waals surface area contributed by atoms with Gasteiger partial charge in [0.15, 0.2) is 0 Å². The molecule has 15 heavy (non-hydrogen) atoms. The minimum Gasteiger partial charge on any atom is -0.395 e. The van der Waals surface area contributed by atoms with Gasteiger partial charge in [-0.15, -0.1) is 0 Å². The number of aliphatic hydroxyl groups is 1. The molecule has 0 radical (unpaired) electrons. The fourth-order valence-electron chi connectivity index (χ4n) is 1.25. The number of unbranched alkanes of at least 4 members (excludes halogenated alkanes) is 1. The maximum absolute atomic E-state index is 8.93. The molecule has 0 unspecified atom stereocenters. The lowest BCUT2D eigenvalue weighted by Gasteiger charge is -2.20. The minimum absolute atomic E-state index is 0.107. The summed E-state index contributed by atoms with van der Waals surface area (Å²) in [6.45, 7) is 3.65. The Hall–Kier alpha value is -0.870. The highest BCUT2D eigenvalue weighted by Crippen LogP contribution is 2.10. The van der Waals surface area contributed by atoms with E-state index in [-0.39, 0.29) is 6.61 Å². The molecule has 0 amide bonds. The van der Waals surface area contributed by atoms with Gasteiger partial charge in [-0.25, -0.2) is 9.97 Å². The first-order valence-electron chi connectivity index (χ1n) is 5.11. The molecule has 1 N–H and O–H groups in total. The normalized spacial score (nSPS) is 10.3. The molecule has 0 saturated heterocycles. The Balaban J connectivity index is 2.65. The molecule has 0 fully saturated rings. The summed E-state index contributed by atoms with van der Waals surface area (Å²) in [6.07, 6.45) is 5.31. The molecule has 0 aliphatic rings. The van der Waals surface area contributed by atoms with E-state index in [2.05, 4.69) is 16.9 Å². The fraction of sp³-hybridized carbons (Fsp3) is 0.600. The zero-order chi connectivity index (χ0) is 11.1. The Morgan fingerprint density at radius 2 is 2.00 bits per heavy atom. The summed E-state index contributed by atoms with van der Waals surface area (Å²) in [4.78, 5) is 10.2. The van der Waals surface area contributed by atoms with Gasteiger partial charge < -0.3 is 10.0 Å². The first kappa shape index (κ1) is 12.2. The van der Waals surface area contributed by atoms with Crippen LogP contribution in [0.2, 0.25) is 5.02 Å². The fourth-order valence-corrected chi connectivity index (χ4v) is 1.35. The Morgan fingerprint density at radius 1 is 1.33 bits per heavy atom. The van der Waals surface area contributed by atoms with Crippen molar-refractivity contribution in [1.29, 1.82) is 0 Å². The van der Waals surface area contributed by atoms with Crippen LogP contribution in [-0.4, -0.2) is 34.8 Å². The van der Waals surface area contributed by atoms with Crippen LogP contribution in [-0.2, 0) is 0 Å². The third-order valence-electron chi connectivity index (χ3n) is 2.04. The van der Waals surface area contributed by atoms with Crippen molar-refractivity contribution in [2.45, 2.75) is 19.8 Å². The average Bonchev–Trinajstić information content (AvgIpc) is 2.25. The zero-order valence-corrected chi connectivity index (χ0v) is 9.61. The molecule has 84 valence electrons. The van der Waals surface area contributed by atoms with Crippen LogP contribution in [0.5, 0.6) is 0 Å². The van der Waals surface area contributed by atoms with Crippen molar-refractivity contribution in [2.24, 2.45) is 0 Å². The van der Waals surface area contributed by atoms with E-state index in [0.29, 0.717) is 17.5 Å². The van der Waals surface area contributed by atoms with E-state index in [1.54, 1.807) is 12.4 Å². The lowest BCUT2D eigenvalue weighted by atomic mass is 10.3. The minimum atomic E-state index is 0.107. The van der Waals surface area contributed by atoms with Crippen molar-refractivity contribution >= 4 is 17.5 Å². The highest BCUT2D eigenvalue weighted by molar-refractivity contribution is 6.30. The van der Waals surface area contributed by atoms with E-state index in [4.69, 9.17) is 16.7 Å². The number of hydrogen-bond donors (Lipinski definition) is 1. The number of aromatic nitrogens is 2. The van der Waals surface area contributed by atoms with Gasteiger partial charge >= 0.3 is 0 Å². The molecular weight excluding hydrogens is 214 g/mol. The van der Waals surface area contributed by atoms with Gasteiger partial charge in [0, 0.05) is 13.1 Å². The number of anilines is 1. The Morgan fingerprint density at radius 3 is 2.53 bits per heavy atom. The molecule has 1 aromatic rings. The van der Waals surface area contributed by atoms with Crippen LogP contribution in [0.3, 0.4) is 0 Å². The lowest BCUT2D eigenvalue weighted by molar-refractivity contribution is 0.301. The smallest absolute Gasteiger partial charge is 0.225 e. The van der Waals surface area contributed by atoms with Gasteiger partial charge in [-0.3, -0.25) is 0 Å². The SMILES string of the molecule is CCCCN(CCO)c1ncc(Cl)cn1. The summed E-state index contributed by atoms with van der Waals surface area (Å²) < 4.78 is 0. The second kappa shape index (κ2) is 6.58. The summed E-state index contributed by atoms with van der Waals surface area (Å²) in [5.74, 6) is 0.627. The highest BCUT2D eigenvalue weighted by atomic mass is 35.5. The third-order valence-corrected chi connectivity index (χ3v) is 2.24. The number of aliphatic hydroxyl groups excluding tert-OH is 1. The van der Waals surface area contributed by atoms with E-state index in [1.165, 1.54) is 0 Å². The number of halogens is 1. The first-order valence-corrected chi connectivity index (χ1v) is 5.49. The van der Waals surface area contributed by atoms with E-state index in [0.717, 1.165) is 19.4 Å². The monoisotopic (exact) mass is 229 g/mol. The molecule has 0 saturated carbocycles. The molecule has 4 nitrogen and oxygen atoms in total. The first-order chi connectivity index (χ1) is 7.27. The van der Waals surface area contributed by atoms with Crippen molar-refractivity contribution in [2.75, 3.05) is 24.6 Å². The zero-order valence-electron chi connectivity index (χ0n) is 8.86. The van der Waals surface area contributed by atoms with Crippen molar-refractivity contribution in [3.8, 4) is 0 Å². The van der Waals surface area contributed by atoms with Crippen LogP contribution >= 0.6 is 11.6 Å². The molecule has 0 spiro atoms. The van der Waals surface area contributed by atoms with Crippen LogP contribution < -0.4 is 4.90 Å². The van der Waals surface area contributed by atoms with Gasteiger partial charge in [0.1, 0.15) is 0 Å². The largest absolute Gasteiger partial charge is 0.395 e. The van der Waals surface area contributed by atoms with Crippen LogP contribution in [0, 0.1) is 0 Å². The molecule has 1 heterocycles. The van der Waals surface area contributed by atoms with Crippen LogP contribution in [0.25, 0.3) is 0 Å². The summed E-state index contributed by atoms with van der Waals surface area (Å²) in [6, 6.07) is 0. The predicted octanol–water partition coefficient (Wildman–Crippen LogP) is 1.73. The van der Waals surface area contributed by atoms with Crippen molar-refractivity contribution in [3.05, 3.63) is 17.4 Å². The average molecular weight is 230 g/mol. The molecule has 0 aromatic carbocycles. The summed E-state index contributed by atoms with van der Waals surface area (Å²) in [5, 5.41) is 9.45. The van der Waals surface area contributed by atoms with Crippen LogP contribution in [0.15, 0.2) is 12.4 Å². The van der Waals surface area contributed by atoms with Gasteiger partial charge in [0.25, 0.3) is 0 Å². The van der Waals surface area contributed by atoms with Gasteiger partial charge in [-0.05, 0) is 6.42 Å². The summed E-state index contributed by atoms with van der Waals surface area (Å²) in [7, 11) is 0. The molecule has 0 aliphatic carbocycles. The number of rotatable bonds is 6. The van der Waals surface area contributed by atoms with Crippen molar-refractivity contribution in [3.63, 3.8) is 0 Å². The molecule has 0 aliphatic heterocycles. The molecule has 0 bridgehead atoms. The maximum Gasteiger partial charge on any atom is 0.225 e. The topological polar surface area (TPSA) is 49.2 Å². The summed E-state index contributed by atoms with van der Waals surface area (Å²) in [5.41, 5.74) is 0. The lowest BCUT2D eigenvalue weighted by Crippen LogP contribution is -2.29. The molecule has 1 aromatic heterocycles. The third kappa shape index (κ3) is 4.01. The Bertz CT molecular complexity index is 279. The van der Waals surface area contributed by atoms with Crippen molar-refractivity contribution < 1.29 is 5.11 Å². The molecule has 0 atom stereocenters. The van der Waals surface area contributed by atoms with Gasteiger partial charge in [0.2, 0.25) is 5.95 Å². The van der Waals surface area contributed by atoms with Gasteiger partial charge in [-0.2, -0.15) is 0 Å². The standard InChI is InChI=1S/C10H16ClN3O/c1-2-3-4-14(5-6-15)10-12-7-9(11)8-13-10/h7-8,15H,2-6H2,1H3. The highest BCUT2D eigenvalue weighted by Gasteiger charge is 2.07. The predicted molar refractivity (Wildman–Crippen MR) is 61.2 cm³/mol. The Labute approximate surface area is 94.9 Å². The number of hydrogen-bond acceptors (Lipinski definition) is 4. The van der Waals surface area contributed by atoms with Crippen molar-refractivity contribution in [1.82, 2.24) is 9.97 Å². The second-order valence-corrected chi connectivity index (χ2v) is 3.70. The molecule has 1 rings (SSSR count). The summed E-state index contributed by atoms with van der Waals surface area (Å²) >= 11 is 5.70. The van der Waals surface area contributed by atoms with E-state index in [1.807, 2.05) is 4.90 Å². The van der Waals surface area contributed by atoms with Crippen LogP contribution in [0.1, 0.15) is 19.8 Å².